The molecule has 1 heterocycles. The average Bonchev–Trinajstić information content (AvgIpc) is 2.79. The number of nitrogens with zero attached hydrogens (tertiary/aromatic N) is 1. The van der Waals surface area contributed by atoms with E-state index >= 15 is 0 Å². The minimum absolute atomic E-state index is 0.00903. The van der Waals surface area contributed by atoms with Crippen LogP contribution in [-0.2, 0) is 11.6 Å². The topological polar surface area (TPSA) is 40.7 Å². The normalized spacial score (nSPS) is 12.5. The summed E-state index contributed by atoms with van der Waals surface area (Å²) >= 11 is 0. The Kier molecular flexibility index (Phi) is 3.50. The lowest BCUT2D eigenvalue weighted by Crippen LogP contribution is -2.15. The Hall–Kier alpha value is -1.98. The number of rotatable bonds is 2. The zero-order valence-electron chi connectivity index (χ0n) is 11.5. The fourth-order valence-corrected chi connectivity index (χ4v) is 1.82. The Bertz CT molecular complexity index is 581. The molecule has 0 saturated carbocycles. The molecule has 1 aromatic heterocycles. The van der Waals surface area contributed by atoms with Gasteiger partial charge in [0.25, 0.3) is 0 Å². The molecule has 0 unspecified atom stereocenters. The van der Waals surface area contributed by atoms with E-state index in [0.29, 0.717) is 11.4 Å². The molecule has 0 bridgehead atoms. The molecule has 0 aliphatic carbocycles. The molecule has 0 fully saturated rings. The summed E-state index contributed by atoms with van der Waals surface area (Å²) in [6.45, 7) is 5.64. The van der Waals surface area contributed by atoms with Crippen LogP contribution in [0.5, 0.6) is 0 Å². The average molecular weight is 283 g/mol. The third kappa shape index (κ3) is 3.12. The fourth-order valence-electron chi connectivity index (χ4n) is 1.82. The molecule has 2 aromatic rings. The first kappa shape index (κ1) is 14.4. The van der Waals surface area contributed by atoms with Gasteiger partial charge in [-0.25, -0.2) is 0 Å². The maximum Gasteiger partial charge on any atom is 0.418 e. The first-order chi connectivity index (χ1) is 9.18. The predicted octanol–water partition coefficient (Wildman–Crippen LogP) is 4.47. The molecular weight excluding hydrogens is 267 g/mol. The van der Waals surface area contributed by atoms with Crippen molar-refractivity contribution in [2.24, 2.45) is 0 Å². The molecule has 1 aromatic carbocycles. The van der Waals surface area contributed by atoms with Crippen molar-refractivity contribution in [3.63, 3.8) is 0 Å². The number of nitrogens with one attached hydrogen (secondary N) is 2. The Labute approximate surface area is 115 Å². The maximum absolute atomic E-state index is 13.2. The minimum Gasteiger partial charge on any atom is -0.340 e. The van der Waals surface area contributed by atoms with Crippen LogP contribution in [0.3, 0.4) is 0 Å². The van der Waals surface area contributed by atoms with Gasteiger partial charge in [-0.3, -0.25) is 5.10 Å². The summed E-state index contributed by atoms with van der Waals surface area (Å²) in [4.78, 5) is 0. The van der Waals surface area contributed by atoms with E-state index in [9.17, 15) is 13.2 Å². The number of aromatic nitrogens is 2. The summed E-state index contributed by atoms with van der Waals surface area (Å²) in [5.74, 6) is 0.416. The van der Waals surface area contributed by atoms with Crippen LogP contribution in [0.2, 0.25) is 0 Å². The van der Waals surface area contributed by atoms with E-state index in [1.54, 1.807) is 12.1 Å². The van der Waals surface area contributed by atoms with Gasteiger partial charge in [-0.05, 0) is 23.1 Å². The molecule has 0 spiro atoms. The molecule has 108 valence electrons. The van der Waals surface area contributed by atoms with Crippen molar-refractivity contribution in [3.05, 3.63) is 41.6 Å². The van der Waals surface area contributed by atoms with Gasteiger partial charge >= 0.3 is 6.18 Å². The Morgan fingerprint density at radius 2 is 1.80 bits per heavy atom. The molecule has 2 N–H and O–H groups in total. The van der Waals surface area contributed by atoms with Gasteiger partial charge < -0.3 is 5.32 Å². The van der Waals surface area contributed by atoms with Gasteiger partial charge in [0.1, 0.15) is 5.82 Å². The Morgan fingerprint density at radius 1 is 1.10 bits per heavy atom. The second-order valence-electron chi connectivity index (χ2n) is 5.60. The summed E-state index contributed by atoms with van der Waals surface area (Å²) in [6, 6.07) is 5.91. The number of H-pyrrole nitrogens is 1. The number of anilines is 2. The van der Waals surface area contributed by atoms with E-state index in [1.807, 2.05) is 20.8 Å². The van der Waals surface area contributed by atoms with Crippen molar-refractivity contribution >= 4 is 11.5 Å². The lowest BCUT2D eigenvalue weighted by Gasteiger charge is -2.22. The van der Waals surface area contributed by atoms with Crippen LogP contribution in [-0.4, -0.2) is 10.2 Å². The molecule has 0 radical (unpaired) electrons. The monoisotopic (exact) mass is 283 g/mol. The maximum atomic E-state index is 13.2. The first-order valence-corrected chi connectivity index (χ1v) is 6.16. The molecule has 20 heavy (non-hydrogen) atoms. The summed E-state index contributed by atoms with van der Waals surface area (Å²) in [5.41, 5.74) is -0.374. The van der Waals surface area contributed by atoms with E-state index < -0.39 is 11.7 Å². The van der Waals surface area contributed by atoms with Crippen molar-refractivity contribution < 1.29 is 13.2 Å². The van der Waals surface area contributed by atoms with Crippen LogP contribution < -0.4 is 5.32 Å². The second kappa shape index (κ2) is 4.85. The van der Waals surface area contributed by atoms with Gasteiger partial charge in [0, 0.05) is 6.07 Å². The van der Waals surface area contributed by atoms with Crippen molar-refractivity contribution in [3.8, 4) is 0 Å². The van der Waals surface area contributed by atoms with Crippen molar-refractivity contribution in [2.75, 3.05) is 5.32 Å². The summed E-state index contributed by atoms with van der Waals surface area (Å²) < 4.78 is 39.5. The van der Waals surface area contributed by atoms with Crippen LogP contribution in [0.4, 0.5) is 24.7 Å². The van der Waals surface area contributed by atoms with Crippen LogP contribution >= 0.6 is 0 Å². The highest BCUT2D eigenvalue weighted by atomic mass is 19.4. The lowest BCUT2D eigenvalue weighted by atomic mass is 9.86. The molecule has 6 heteroatoms. The van der Waals surface area contributed by atoms with Gasteiger partial charge in [-0.15, -0.1) is 0 Å². The van der Waals surface area contributed by atoms with Crippen molar-refractivity contribution in [1.82, 2.24) is 10.2 Å². The second-order valence-corrected chi connectivity index (χ2v) is 5.60. The van der Waals surface area contributed by atoms with E-state index in [1.165, 1.54) is 18.3 Å². The molecule has 3 nitrogen and oxygen atoms in total. The molecule has 2 rings (SSSR count). The molecule has 0 aliphatic rings. The van der Waals surface area contributed by atoms with Crippen molar-refractivity contribution in [2.45, 2.75) is 32.4 Å². The minimum atomic E-state index is -4.41. The lowest BCUT2D eigenvalue weighted by molar-refractivity contribution is -0.137. The number of halogens is 3. The number of aromatic amines is 1. The van der Waals surface area contributed by atoms with Crippen molar-refractivity contribution in [1.29, 1.82) is 0 Å². The van der Waals surface area contributed by atoms with E-state index in [2.05, 4.69) is 15.5 Å². The standard InChI is InChI=1S/C14H16F3N3/c1-13(2,3)9-4-5-11(10(8-9)14(15,16)17)19-12-6-7-18-20-12/h4-8H,1-3H3,(H2,18,19,20). The highest BCUT2D eigenvalue weighted by molar-refractivity contribution is 5.62. The molecule has 0 atom stereocenters. The van der Waals surface area contributed by atoms with Crippen LogP contribution in [0.15, 0.2) is 30.5 Å². The number of benzene rings is 1. The Balaban J connectivity index is 2.46. The van der Waals surface area contributed by atoms with E-state index in [4.69, 9.17) is 0 Å². The number of alkyl halides is 3. The summed E-state index contributed by atoms with van der Waals surface area (Å²) in [5, 5.41) is 8.98. The molecular formula is C14H16F3N3. The number of hydrogen-bond donors (Lipinski definition) is 2. The predicted molar refractivity (Wildman–Crippen MR) is 72.0 cm³/mol. The van der Waals surface area contributed by atoms with Crippen LogP contribution in [0.1, 0.15) is 31.9 Å². The summed E-state index contributed by atoms with van der Waals surface area (Å²) in [7, 11) is 0. The smallest absolute Gasteiger partial charge is 0.340 e. The van der Waals surface area contributed by atoms with E-state index in [-0.39, 0.29) is 11.1 Å². The van der Waals surface area contributed by atoms with Gasteiger partial charge in [0.05, 0.1) is 17.4 Å². The number of hydrogen-bond acceptors (Lipinski definition) is 2. The van der Waals surface area contributed by atoms with Gasteiger partial charge in [0.2, 0.25) is 0 Å². The molecule has 0 amide bonds. The molecule has 0 saturated heterocycles. The molecule has 0 aliphatic heterocycles. The zero-order chi connectivity index (χ0) is 15.0. The summed E-state index contributed by atoms with van der Waals surface area (Å²) in [6.07, 6.45) is -2.94. The van der Waals surface area contributed by atoms with Gasteiger partial charge in [-0.1, -0.05) is 26.8 Å². The highest BCUT2D eigenvalue weighted by Gasteiger charge is 2.34. The first-order valence-electron chi connectivity index (χ1n) is 6.16. The van der Waals surface area contributed by atoms with Crippen LogP contribution in [0.25, 0.3) is 0 Å². The fraction of sp³-hybridized carbons (Fsp3) is 0.357. The van der Waals surface area contributed by atoms with Crippen LogP contribution in [0, 0.1) is 0 Å². The quantitative estimate of drug-likeness (QED) is 0.853. The SMILES string of the molecule is CC(C)(C)c1ccc(Nc2ccn[nH]2)c(C(F)(F)F)c1. The Morgan fingerprint density at radius 3 is 2.30 bits per heavy atom. The third-order valence-corrected chi connectivity index (χ3v) is 2.96. The zero-order valence-corrected chi connectivity index (χ0v) is 11.5. The third-order valence-electron chi connectivity index (χ3n) is 2.96. The highest BCUT2D eigenvalue weighted by Crippen LogP contribution is 2.38. The largest absolute Gasteiger partial charge is 0.418 e. The van der Waals surface area contributed by atoms with Gasteiger partial charge in [-0.2, -0.15) is 18.3 Å². The van der Waals surface area contributed by atoms with Gasteiger partial charge in [0.15, 0.2) is 0 Å². The van der Waals surface area contributed by atoms with E-state index in [0.717, 1.165) is 0 Å².